The summed E-state index contributed by atoms with van der Waals surface area (Å²) in [6, 6.07) is 21.7. The SMILES string of the molecule is CCCCN(C(=O)CN1CC(c2ccc3c(c2)CCO3)C(C(=O)O)C1Cc1ccccc1OC)c1cccc(C[N+](C)(C)C)c1. The van der Waals surface area contributed by atoms with Gasteiger partial charge in [-0.2, -0.15) is 0 Å². The van der Waals surface area contributed by atoms with Crippen molar-refractivity contribution in [2.24, 2.45) is 5.92 Å². The molecule has 3 aromatic rings. The van der Waals surface area contributed by atoms with Crippen molar-refractivity contribution in [2.75, 3.05) is 59.4 Å². The zero-order valence-electron chi connectivity index (χ0n) is 27.4. The Balaban J connectivity index is 1.48. The molecule has 1 N–H and O–H groups in total. The van der Waals surface area contributed by atoms with Gasteiger partial charge in [0.2, 0.25) is 5.91 Å². The zero-order chi connectivity index (χ0) is 32.1. The number of rotatable bonds is 13. The monoisotopic (exact) mass is 614 g/mol. The van der Waals surface area contributed by atoms with Gasteiger partial charge in [-0.1, -0.05) is 55.8 Å². The van der Waals surface area contributed by atoms with Crippen LogP contribution in [0.5, 0.6) is 11.5 Å². The van der Waals surface area contributed by atoms with Gasteiger partial charge in [0.05, 0.1) is 47.3 Å². The number of carbonyl (C=O) groups excluding carboxylic acids is 1. The first kappa shape index (κ1) is 32.5. The predicted octanol–water partition coefficient (Wildman–Crippen LogP) is 5.38. The number of carboxylic acid groups (broad SMARTS) is 1. The lowest BCUT2D eigenvalue weighted by Gasteiger charge is -2.30. The molecule has 3 atom stereocenters. The van der Waals surface area contributed by atoms with Gasteiger partial charge in [-0.25, -0.2) is 0 Å². The highest BCUT2D eigenvalue weighted by molar-refractivity contribution is 5.95. The molecule has 8 nitrogen and oxygen atoms in total. The van der Waals surface area contributed by atoms with Gasteiger partial charge in [0.15, 0.2) is 0 Å². The van der Waals surface area contributed by atoms with E-state index >= 15 is 0 Å². The van der Waals surface area contributed by atoms with Gasteiger partial charge in [-0.05, 0) is 53.8 Å². The van der Waals surface area contributed by atoms with Gasteiger partial charge in [-0.3, -0.25) is 14.5 Å². The number of hydrogen-bond donors (Lipinski definition) is 1. The number of amides is 1. The van der Waals surface area contributed by atoms with Crippen LogP contribution < -0.4 is 14.4 Å². The first-order chi connectivity index (χ1) is 21.6. The van der Waals surface area contributed by atoms with Crippen LogP contribution in [0.4, 0.5) is 5.69 Å². The molecule has 5 rings (SSSR count). The van der Waals surface area contributed by atoms with E-state index in [0.29, 0.717) is 26.1 Å². The van der Waals surface area contributed by atoms with Crippen molar-refractivity contribution < 1.29 is 28.7 Å². The normalized spacial score (nSPS) is 19.6. The number of quaternary nitrogens is 1. The minimum atomic E-state index is -0.845. The number of carboxylic acids is 1. The molecular formula is C37H48N3O5+. The lowest BCUT2D eigenvalue weighted by atomic mass is 9.82. The molecule has 45 heavy (non-hydrogen) atoms. The quantitative estimate of drug-likeness (QED) is 0.261. The number of unbranched alkanes of at least 4 members (excludes halogenated alkanes) is 1. The average molecular weight is 615 g/mol. The van der Waals surface area contributed by atoms with Crippen molar-refractivity contribution in [2.45, 2.75) is 51.1 Å². The summed E-state index contributed by atoms with van der Waals surface area (Å²) in [4.78, 5) is 31.4. The number of fused-ring (bicyclic) bond motifs is 1. The van der Waals surface area contributed by atoms with Crippen LogP contribution in [0.1, 0.15) is 47.9 Å². The number of aliphatic carboxylic acids is 1. The summed E-state index contributed by atoms with van der Waals surface area (Å²) in [6.07, 6.45) is 3.13. The second-order valence-corrected chi connectivity index (χ2v) is 13.5. The lowest BCUT2D eigenvalue weighted by Crippen LogP contribution is -2.45. The molecule has 1 saturated heterocycles. The van der Waals surface area contributed by atoms with Crippen LogP contribution in [0.3, 0.4) is 0 Å². The van der Waals surface area contributed by atoms with Gasteiger partial charge in [0, 0.05) is 42.7 Å². The van der Waals surface area contributed by atoms with Crippen molar-refractivity contribution in [3.05, 3.63) is 89.0 Å². The number of nitrogens with zero attached hydrogens (tertiary/aromatic N) is 3. The molecule has 0 bridgehead atoms. The third-order valence-corrected chi connectivity index (χ3v) is 9.05. The van der Waals surface area contributed by atoms with Crippen LogP contribution in [0.2, 0.25) is 0 Å². The van der Waals surface area contributed by atoms with Crippen molar-refractivity contribution in [1.82, 2.24) is 4.90 Å². The topological polar surface area (TPSA) is 79.3 Å². The van der Waals surface area contributed by atoms with Crippen LogP contribution in [0.15, 0.2) is 66.7 Å². The van der Waals surface area contributed by atoms with Gasteiger partial charge >= 0.3 is 5.97 Å². The average Bonchev–Trinajstić information content (AvgIpc) is 3.61. The summed E-state index contributed by atoms with van der Waals surface area (Å²) < 4.78 is 12.2. The van der Waals surface area contributed by atoms with Crippen LogP contribution in [-0.4, -0.2) is 86.9 Å². The Labute approximate surface area is 267 Å². The van der Waals surface area contributed by atoms with E-state index in [-0.39, 0.29) is 18.4 Å². The Hall–Kier alpha value is -3.88. The van der Waals surface area contributed by atoms with E-state index in [1.807, 2.05) is 53.4 Å². The first-order valence-corrected chi connectivity index (χ1v) is 16.1. The van der Waals surface area contributed by atoms with Crippen LogP contribution in [0, 0.1) is 5.92 Å². The summed E-state index contributed by atoms with van der Waals surface area (Å²) in [7, 11) is 8.11. The number of para-hydroxylation sites is 1. The fourth-order valence-electron chi connectivity index (χ4n) is 6.96. The molecule has 3 unspecified atom stereocenters. The molecule has 240 valence electrons. The van der Waals surface area contributed by atoms with Crippen molar-refractivity contribution in [3.63, 3.8) is 0 Å². The molecule has 0 radical (unpaired) electrons. The van der Waals surface area contributed by atoms with E-state index in [1.165, 1.54) is 5.56 Å². The van der Waals surface area contributed by atoms with Crippen LogP contribution in [0.25, 0.3) is 0 Å². The Kier molecular flexibility index (Phi) is 10.1. The van der Waals surface area contributed by atoms with Crippen LogP contribution >= 0.6 is 0 Å². The standard InChI is InChI=1S/C37H47N3O5/c1-6-7-18-39(30-13-10-11-26(20-30)25-40(2,3)4)35(41)24-38-23-31(27-15-16-34-29(21-27)17-19-45-34)36(37(42)43)32(38)22-28-12-8-9-14-33(28)44-5/h8-16,20-21,31-32,36H,6-7,17-19,22-25H2,1-5H3/p+1. The smallest absolute Gasteiger partial charge is 0.308 e. The van der Waals surface area contributed by atoms with Gasteiger partial charge in [0.25, 0.3) is 0 Å². The molecule has 0 aromatic heterocycles. The molecule has 2 aliphatic heterocycles. The maximum Gasteiger partial charge on any atom is 0.308 e. The number of ether oxygens (including phenoxy) is 2. The first-order valence-electron chi connectivity index (χ1n) is 16.1. The Morgan fingerprint density at radius 3 is 2.60 bits per heavy atom. The van der Waals surface area contributed by atoms with E-state index in [0.717, 1.165) is 64.2 Å². The van der Waals surface area contributed by atoms with Crippen LogP contribution in [-0.2, 0) is 29.0 Å². The molecule has 1 amide bonds. The van der Waals surface area contributed by atoms with Gasteiger partial charge < -0.3 is 24.0 Å². The van der Waals surface area contributed by atoms with E-state index in [4.69, 9.17) is 9.47 Å². The van der Waals surface area contributed by atoms with E-state index < -0.39 is 17.9 Å². The molecule has 0 saturated carbocycles. The molecular weight excluding hydrogens is 566 g/mol. The summed E-state index contributed by atoms with van der Waals surface area (Å²) in [6.45, 7) is 4.86. The summed E-state index contributed by atoms with van der Waals surface area (Å²) in [5, 5.41) is 10.7. The number of anilines is 1. The molecule has 2 heterocycles. The highest BCUT2D eigenvalue weighted by Gasteiger charge is 2.47. The minimum absolute atomic E-state index is 0.0111. The lowest BCUT2D eigenvalue weighted by molar-refractivity contribution is -0.884. The van der Waals surface area contributed by atoms with Gasteiger partial charge in [-0.15, -0.1) is 0 Å². The third kappa shape index (κ3) is 7.68. The number of methoxy groups -OCH3 is 1. The van der Waals surface area contributed by atoms with E-state index in [1.54, 1.807) is 7.11 Å². The fraction of sp³-hybridized carbons (Fsp3) is 0.459. The largest absolute Gasteiger partial charge is 0.496 e. The second kappa shape index (κ2) is 14.0. The molecule has 0 spiro atoms. The molecule has 3 aromatic carbocycles. The maximum absolute atomic E-state index is 14.3. The second-order valence-electron chi connectivity index (χ2n) is 13.5. The fourth-order valence-corrected chi connectivity index (χ4v) is 6.96. The number of likely N-dealkylation sites (tertiary alicyclic amines) is 1. The van der Waals surface area contributed by atoms with Crippen molar-refractivity contribution in [1.29, 1.82) is 0 Å². The third-order valence-electron chi connectivity index (χ3n) is 9.05. The van der Waals surface area contributed by atoms with E-state index in [9.17, 15) is 14.7 Å². The summed E-state index contributed by atoms with van der Waals surface area (Å²) in [5.41, 5.74) is 5.11. The zero-order valence-corrected chi connectivity index (χ0v) is 27.4. The van der Waals surface area contributed by atoms with Crippen molar-refractivity contribution >= 4 is 17.6 Å². The molecule has 1 fully saturated rings. The minimum Gasteiger partial charge on any atom is -0.496 e. The summed E-state index contributed by atoms with van der Waals surface area (Å²) >= 11 is 0. The number of carbonyl (C=O) groups is 2. The maximum atomic E-state index is 14.3. The predicted molar refractivity (Wildman–Crippen MR) is 177 cm³/mol. The Bertz CT molecular complexity index is 1500. The molecule has 0 aliphatic carbocycles. The molecule has 2 aliphatic rings. The van der Waals surface area contributed by atoms with E-state index in [2.05, 4.69) is 51.2 Å². The number of benzene rings is 3. The Morgan fingerprint density at radius 1 is 1.07 bits per heavy atom. The van der Waals surface area contributed by atoms with Crippen molar-refractivity contribution in [3.8, 4) is 11.5 Å². The highest BCUT2D eigenvalue weighted by atomic mass is 16.5. The van der Waals surface area contributed by atoms with Gasteiger partial charge in [0.1, 0.15) is 18.0 Å². The highest BCUT2D eigenvalue weighted by Crippen LogP contribution is 2.42. The molecule has 8 heteroatoms. The number of hydrogen-bond acceptors (Lipinski definition) is 5. The Morgan fingerprint density at radius 2 is 1.87 bits per heavy atom. The summed E-state index contributed by atoms with van der Waals surface area (Å²) in [5.74, 6) is -0.214.